The molecule has 0 saturated carbocycles. The number of benzene rings is 1. The molecule has 0 heterocycles. The van der Waals surface area contributed by atoms with Crippen LogP contribution < -0.4 is 16.0 Å². The SMILES string of the molecule is CC(=O)N[C@@H](CS)C(=O)N[C@@H](CCC(=O)C=N)C(=O)NCc1ccccc1. The highest BCUT2D eigenvalue weighted by molar-refractivity contribution is 7.80. The lowest BCUT2D eigenvalue weighted by Crippen LogP contribution is -2.54. The second kappa shape index (κ2) is 11.8. The monoisotopic (exact) mass is 392 g/mol. The first-order valence-electron chi connectivity index (χ1n) is 8.40. The molecule has 146 valence electrons. The number of hydrogen-bond donors (Lipinski definition) is 5. The third kappa shape index (κ3) is 8.50. The largest absolute Gasteiger partial charge is 0.350 e. The lowest BCUT2D eigenvalue weighted by Gasteiger charge is -2.21. The number of Topliss-reactive ketones (excluding diaryl/α,β-unsaturated/α-hetero) is 1. The van der Waals surface area contributed by atoms with Crippen LogP contribution in [0.3, 0.4) is 0 Å². The molecule has 0 aliphatic carbocycles. The summed E-state index contributed by atoms with van der Waals surface area (Å²) in [5.74, 6) is -1.80. The van der Waals surface area contributed by atoms with E-state index in [0.29, 0.717) is 6.21 Å². The second-order valence-corrected chi connectivity index (χ2v) is 6.21. The van der Waals surface area contributed by atoms with Crippen molar-refractivity contribution in [3.05, 3.63) is 35.9 Å². The fourth-order valence-corrected chi connectivity index (χ4v) is 2.50. The third-order valence-electron chi connectivity index (χ3n) is 3.66. The van der Waals surface area contributed by atoms with Gasteiger partial charge in [0, 0.05) is 25.6 Å². The average Bonchev–Trinajstić information content (AvgIpc) is 2.67. The minimum absolute atomic E-state index is 0.0416. The summed E-state index contributed by atoms with van der Waals surface area (Å²) in [6, 6.07) is 7.37. The summed E-state index contributed by atoms with van der Waals surface area (Å²) in [5, 5.41) is 14.7. The van der Waals surface area contributed by atoms with Crippen LogP contribution in [0.15, 0.2) is 30.3 Å². The molecular formula is C18H24N4O4S. The van der Waals surface area contributed by atoms with Gasteiger partial charge >= 0.3 is 0 Å². The standard InChI is InChI=1S/C18H24N4O4S/c1-12(23)21-16(11-27)18(26)22-15(8-7-14(24)9-19)17(25)20-10-13-5-3-2-4-6-13/h2-6,9,15-16,19,27H,7-8,10-11H2,1H3,(H,20,25)(H,21,23)(H,22,26)/t15-,16-/m0/s1. The molecule has 4 N–H and O–H groups in total. The van der Waals surface area contributed by atoms with E-state index in [1.807, 2.05) is 30.3 Å². The maximum absolute atomic E-state index is 12.5. The van der Waals surface area contributed by atoms with Crippen LogP contribution in [-0.2, 0) is 25.7 Å². The van der Waals surface area contributed by atoms with Gasteiger partial charge in [0.2, 0.25) is 17.7 Å². The number of amides is 3. The Morgan fingerprint density at radius 3 is 2.30 bits per heavy atom. The molecule has 0 aliphatic heterocycles. The molecule has 27 heavy (non-hydrogen) atoms. The highest BCUT2D eigenvalue weighted by Gasteiger charge is 2.25. The number of thiol groups is 1. The maximum atomic E-state index is 12.5. The first-order chi connectivity index (χ1) is 12.9. The molecule has 0 spiro atoms. The van der Waals surface area contributed by atoms with Crippen molar-refractivity contribution in [3.8, 4) is 0 Å². The highest BCUT2D eigenvalue weighted by atomic mass is 32.1. The molecule has 1 aromatic carbocycles. The number of nitrogens with one attached hydrogen (secondary N) is 4. The maximum Gasteiger partial charge on any atom is 0.244 e. The molecule has 3 amide bonds. The topological polar surface area (TPSA) is 128 Å². The molecule has 0 aliphatic rings. The molecule has 2 atom stereocenters. The van der Waals surface area contributed by atoms with Gasteiger partial charge in [-0.25, -0.2) is 0 Å². The minimum Gasteiger partial charge on any atom is -0.350 e. The van der Waals surface area contributed by atoms with Crippen LogP contribution in [0.4, 0.5) is 0 Å². The van der Waals surface area contributed by atoms with Crippen LogP contribution >= 0.6 is 12.6 Å². The Labute approximate surface area is 163 Å². The number of carbonyl (C=O) groups is 4. The van der Waals surface area contributed by atoms with Gasteiger partial charge in [0.05, 0.1) is 6.21 Å². The van der Waals surface area contributed by atoms with Gasteiger partial charge in [0.1, 0.15) is 12.1 Å². The minimum atomic E-state index is -0.971. The van der Waals surface area contributed by atoms with Gasteiger partial charge < -0.3 is 21.4 Å². The van der Waals surface area contributed by atoms with E-state index < -0.39 is 35.6 Å². The summed E-state index contributed by atoms with van der Waals surface area (Å²) >= 11 is 4.03. The fraction of sp³-hybridized carbons (Fsp3) is 0.389. The summed E-state index contributed by atoms with van der Waals surface area (Å²) in [7, 11) is 0. The van der Waals surface area contributed by atoms with Crippen molar-refractivity contribution in [3.63, 3.8) is 0 Å². The van der Waals surface area contributed by atoms with Crippen molar-refractivity contribution in [1.29, 1.82) is 5.41 Å². The number of carbonyl (C=O) groups excluding carboxylic acids is 4. The van der Waals surface area contributed by atoms with Crippen molar-refractivity contribution >= 4 is 42.3 Å². The summed E-state index contributed by atoms with van der Waals surface area (Å²) in [6.07, 6.45) is 0.660. The fourth-order valence-electron chi connectivity index (χ4n) is 2.25. The zero-order chi connectivity index (χ0) is 20.2. The zero-order valence-electron chi connectivity index (χ0n) is 15.0. The van der Waals surface area contributed by atoms with Crippen molar-refractivity contribution in [2.75, 3.05) is 5.75 Å². The third-order valence-corrected chi connectivity index (χ3v) is 4.02. The van der Waals surface area contributed by atoms with Gasteiger partial charge in [-0.05, 0) is 12.0 Å². The Hall–Kier alpha value is -2.68. The van der Waals surface area contributed by atoms with E-state index in [2.05, 4.69) is 28.6 Å². The van der Waals surface area contributed by atoms with Crippen molar-refractivity contribution in [1.82, 2.24) is 16.0 Å². The van der Waals surface area contributed by atoms with Crippen molar-refractivity contribution in [2.24, 2.45) is 0 Å². The number of rotatable bonds is 11. The lowest BCUT2D eigenvalue weighted by atomic mass is 10.1. The van der Waals surface area contributed by atoms with Gasteiger partial charge in [-0.1, -0.05) is 30.3 Å². The molecular weight excluding hydrogens is 368 g/mol. The second-order valence-electron chi connectivity index (χ2n) is 5.85. The summed E-state index contributed by atoms with van der Waals surface area (Å²) in [6.45, 7) is 1.54. The van der Waals surface area contributed by atoms with Gasteiger partial charge in [-0.15, -0.1) is 0 Å². The molecule has 0 saturated heterocycles. The smallest absolute Gasteiger partial charge is 0.244 e. The van der Waals surface area contributed by atoms with Crippen molar-refractivity contribution in [2.45, 2.75) is 38.4 Å². The van der Waals surface area contributed by atoms with Gasteiger partial charge in [0.15, 0.2) is 5.78 Å². The molecule has 9 heteroatoms. The number of ketones is 1. The van der Waals surface area contributed by atoms with Gasteiger partial charge in [0.25, 0.3) is 0 Å². The Balaban J connectivity index is 2.76. The van der Waals surface area contributed by atoms with Gasteiger partial charge in [-0.3, -0.25) is 19.2 Å². The number of hydrogen-bond acceptors (Lipinski definition) is 6. The first kappa shape index (κ1) is 22.4. The normalized spacial score (nSPS) is 12.4. The highest BCUT2D eigenvalue weighted by Crippen LogP contribution is 2.03. The van der Waals surface area contributed by atoms with Crippen LogP contribution in [0.2, 0.25) is 0 Å². The van der Waals surface area contributed by atoms with E-state index in [1.54, 1.807) is 0 Å². The van der Waals surface area contributed by atoms with E-state index in [0.717, 1.165) is 5.56 Å². The van der Waals surface area contributed by atoms with E-state index in [1.165, 1.54) is 6.92 Å². The van der Waals surface area contributed by atoms with E-state index in [-0.39, 0.29) is 25.1 Å². The van der Waals surface area contributed by atoms with Crippen LogP contribution in [0.1, 0.15) is 25.3 Å². The molecule has 1 aromatic rings. The molecule has 0 bridgehead atoms. The summed E-state index contributed by atoms with van der Waals surface area (Å²) < 4.78 is 0. The molecule has 0 fully saturated rings. The van der Waals surface area contributed by atoms with E-state index in [9.17, 15) is 19.2 Å². The Bertz CT molecular complexity index is 681. The molecule has 0 unspecified atom stereocenters. The van der Waals surface area contributed by atoms with Crippen molar-refractivity contribution < 1.29 is 19.2 Å². The van der Waals surface area contributed by atoms with Crippen LogP contribution in [-0.4, -0.2) is 47.6 Å². The van der Waals surface area contributed by atoms with E-state index in [4.69, 9.17) is 5.41 Å². The Morgan fingerprint density at radius 2 is 1.74 bits per heavy atom. The lowest BCUT2D eigenvalue weighted by molar-refractivity contribution is -0.131. The predicted molar refractivity (Wildman–Crippen MR) is 105 cm³/mol. The average molecular weight is 392 g/mol. The summed E-state index contributed by atoms with van der Waals surface area (Å²) in [5.41, 5.74) is 0.887. The van der Waals surface area contributed by atoms with Crippen LogP contribution in [0.25, 0.3) is 0 Å². The predicted octanol–water partition coefficient (Wildman–Crippen LogP) is 0.221. The molecule has 0 radical (unpaired) electrons. The Kier molecular flexibility index (Phi) is 9.81. The molecule has 8 nitrogen and oxygen atoms in total. The molecule has 1 rings (SSSR count). The Morgan fingerprint density at radius 1 is 1.07 bits per heavy atom. The first-order valence-corrected chi connectivity index (χ1v) is 9.04. The summed E-state index contributed by atoms with van der Waals surface area (Å²) in [4.78, 5) is 47.4. The van der Waals surface area contributed by atoms with Crippen LogP contribution in [0, 0.1) is 5.41 Å². The van der Waals surface area contributed by atoms with E-state index >= 15 is 0 Å². The molecule has 0 aromatic heterocycles. The van der Waals surface area contributed by atoms with Crippen LogP contribution in [0.5, 0.6) is 0 Å². The van der Waals surface area contributed by atoms with Gasteiger partial charge in [-0.2, -0.15) is 12.6 Å². The zero-order valence-corrected chi connectivity index (χ0v) is 15.9. The quantitative estimate of drug-likeness (QED) is 0.273.